The zero-order valence-corrected chi connectivity index (χ0v) is 10.0. The molecule has 66 valence electrons. The Morgan fingerprint density at radius 1 is 1.00 bits per heavy atom. The normalized spacial score (nSPS) is 13.8. The van der Waals surface area contributed by atoms with Crippen LogP contribution in [0.4, 0.5) is 0 Å². The van der Waals surface area contributed by atoms with E-state index >= 15 is 0 Å². The maximum atomic E-state index is 2.40. The molecule has 0 spiro atoms. The highest BCUT2D eigenvalue weighted by molar-refractivity contribution is 7.57. The van der Waals surface area contributed by atoms with Crippen molar-refractivity contribution in [3.63, 3.8) is 0 Å². The van der Waals surface area contributed by atoms with Crippen molar-refractivity contribution in [3.8, 4) is 0 Å². The fourth-order valence-electron chi connectivity index (χ4n) is 1.04. The largest absolute Gasteiger partial charge is 0.125 e. The van der Waals surface area contributed by atoms with E-state index in [2.05, 4.69) is 47.8 Å². The summed E-state index contributed by atoms with van der Waals surface area (Å²) in [6.07, 6.45) is 0. The molecule has 2 heteroatoms. The smallest absolute Gasteiger partial charge is 0.107 e. The maximum absolute atomic E-state index is 2.40. The van der Waals surface area contributed by atoms with Crippen LogP contribution in [-0.2, 0) is 0 Å². The first-order chi connectivity index (χ1) is 4.75. The van der Waals surface area contributed by atoms with Crippen molar-refractivity contribution in [1.82, 2.24) is 0 Å². The monoisotopic (exact) mass is 172 g/mol. The highest BCUT2D eigenvalue weighted by Crippen LogP contribution is 2.56. The Morgan fingerprint density at radius 3 is 1.45 bits per heavy atom. The van der Waals surface area contributed by atoms with Crippen LogP contribution in [0.2, 0.25) is 12.1 Å². The van der Waals surface area contributed by atoms with Crippen molar-refractivity contribution in [2.45, 2.75) is 45.0 Å². The van der Waals surface area contributed by atoms with Crippen LogP contribution in [0.25, 0.3) is 0 Å². The molecule has 0 saturated heterocycles. The van der Waals surface area contributed by atoms with Gasteiger partial charge in [0.25, 0.3) is 0 Å². The zero-order chi connectivity index (χ0) is 9.28. The Balaban J connectivity index is 4.53. The number of hydrogen-bond donors (Lipinski definition) is 0. The van der Waals surface area contributed by atoms with Crippen molar-refractivity contribution < 1.29 is 0 Å². The predicted molar refractivity (Wildman–Crippen MR) is 59.9 cm³/mol. The van der Waals surface area contributed by atoms with Gasteiger partial charge < -0.3 is 0 Å². The van der Waals surface area contributed by atoms with E-state index in [0.29, 0.717) is 10.5 Å². The van der Waals surface area contributed by atoms with Crippen LogP contribution < -0.4 is 0 Å². The third-order valence-corrected chi connectivity index (χ3v) is 6.50. The molecule has 0 aromatic carbocycles. The summed E-state index contributed by atoms with van der Waals surface area (Å²) in [7, 11) is 1.44. The fraction of sp³-hybridized carbons (Fsp3) is 1.00. The van der Waals surface area contributed by atoms with Crippen molar-refractivity contribution in [2.24, 2.45) is 0 Å². The molecule has 0 aromatic heterocycles. The minimum absolute atomic E-state index is 0.162. The van der Waals surface area contributed by atoms with E-state index in [-0.39, 0.29) is 7.92 Å². The highest BCUT2D eigenvalue weighted by atomic mass is 31.1. The summed E-state index contributed by atoms with van der Waals surface area (Å²) in [5, 5.41) is 0.999. The lowest BCUT2D eigenvalue weighted by molar-refractivity contribution is 0.513. The van der Waals surface area contributed by atoms with Gasteiger partial charge in [0.15, 0.2) is 0 Å². The summed E-state index contributed by atoms with van der Waals surface area (Å²) in [4.78, 5) is 0. The summed E-state index contributed by atoms with van der Waals surface area (Å²) in [5.74, 6) is 0. The van der Waals surface area contributed by atoms with E-state index in [1.165, 1.54) is 7.28 Å². The molecule has 0 atom stereocenters. The molecule has 0 bridgehead atoms. The van der Waals surface area contributed by atoms with Crippen LogP contribution in [0.3, 0.4) is 0 Å². The van der Waals surface area contributed by atoms with Gasteiger partial charge in [0.1, 0.15) is 7.28 Å². The molecular weight excluding hydrogens is 150 g/mol. The van der Waals surface area contributed by atoms with Crippen LogP contribution in [0.1, 0.15) is 27.7 Å². The third kappa shape index (κ3) is 2.21. The average Bonchev–Trinajstić information content (AvgIpc) is 1.87. The highest BCUT2D eigenvalue weighted by Gasteiger charge is 2.37. The van der Waals surface area contributed by atoms with Crippen molar-refractivity contribution in [2.75, 3.05) is 13.3 Å². The first-order valence-corrected chi connectivity index (χ1v) is 6.66. The van der Waals surface area contributed by atoms with Crippen LogP contribution in [0, 0.1) is 0 Å². The third-order valence-electron chi connectivity index (χ3n) is 3.66. The van der Waals surface area contributed by atoms with Gasteiger partial charge in [-0.05, 0) is 18.5 Å². The predicted octanol–water partition coefficient (Wildman–Crippen LogP) is 3.19. The van der Waals surface area contributed by atoms with Gasteiger partial charge in [0.2, 0.25) is 0 Å². The molecule has 0 aromatic rings. The number of hydrogen-bond acceptors (Lipinski definition) is 0. The van der Waals surface area contributed by atoms with E-state index in [4.69, 9.17) is 0 Å². The molecule has 0 aliphatic rings. The van der Waals surface area contributed by atoms with Crippen molar-refractivity contribution >= 4 is 15.2 Å². The summed E-state index contributed by atoms with van der Waals surface area (Å²) >= 11 is 0. The van der Waals surface area contributed by atoms with Crippen LogP contribution in [-0.4, -0.2) is 25.8 Å². The van der Waals surface area contributed by atoms with Crippen molar-refractivity contribution in [1.29, 1.82) is 0 Å². The van der Waals surface area contributed by atoms with Gasteiger partial charge in [-0.3, -0.25) is 0 Å². The molecule has 0 heterocycles. The molecule has 0 aliphatic carbocycles. The lowest BCUT2D eigenvalue weighted by Crippen LogP contribution is -2.34. The molecule has 11 heavy (non-hydrogen) atoms. The number of rotatable bonds is 3. The molecule has 0 unspecified atom stereocenters. The molecule has 0 nitrogen and oxygen atoms in total. The Morgan fingerprint density at radius 2 is 1.36 bits per heavy atom. The van der Waals surface area contributed by atoms with E-state index in [1.807, 2.05) is 0 Å². The Labute approximate surface area is 74.1 Å². The summed E-state index contributed by atoms with van der Waals surface area (Å²) in [6, 6.07) is 0. The fourth-order valence-corrected chi connectivity index (χ4v) is 2.41. The van der Waals surface area contributed by atoms with Crippen LogP contribution in [0.15, 0.2) is 0 Å². The van der Waals surface area contributed by atoms with Gasteiger partial charge in [0.05, 0.1) is 0 Å². The standard InChI is InChI=1S/C9H22BP/c1-8(2,10-5)9(3,4)11(6)7/h10H,1-7H3. The minimum Gasteiger partial charge on any atom is -0.107 e. The lowest BCUT2D eigenvalue weighted by atomic mass is 9.51. The molecule has 0 N–H and O–H groups in total. The first-order valence-electron chi connectivity index (χ1n) is 4.43. The quantitative estimate of drug-likeness (QED) is 0.453. The van der Waals surface area contributed by atoms with Gasteiger partial charge >= 0.3 is 0 Å². The van der Waals surface area contributed by atoms with Gasteiger partial charge in [-0.2, -0.15) is 0 Å². The molecule has 0 saturated carbocycles. The second kappa shape index (κ2) is 3.48. The van der Waals surface area contributed by atoms with Crippen molar-refractivity contribution in [3.05, 3.63) is 0 Å². The van der Waals surface area contributed by atoms with Crippen LogP contribution >= 0.6 is 7.92 Å². The molecule has 0 fully saturated rings. The topological polar surface area (TPSA) is 0 Å². The second-order valence-electron chi connectivity index (χ2n) is 4.69. The van der Waals surface area contributed by atoms with E-state index < -0.39 is 0 Å². The Hall–Kier alpha value is 0.495. The molecular formula is C9H22BP. The zero-order valence-electron chi connectivity index (χ0n) is 9.15. The molecule has 0 radical (unpaired) electrons. The van der Waals surface area contributed by atoms with E-state index in [0.717, 1.165) is 0 Å². The minimum atomic E-state index is 0.162. The van der Waals surface area contributed by atoms with E-state index in [9.17, 15) is 0 Å². The maximum Gasteiger partial charge on any atom is 0.125 e. The summed E-state index contributed by atoms with van der Waals surface area (Å²) < 4.78 is 0. The Bertz CT molecular complexity index is 128. The first kappa shape index (κ1) is 11.5. The summed E-state index contributed by atoms with van der Waals surface area (Å²) in [6.45, 7) is 16.6. The van der Waals surface area contributed by atoms with Gasteiger partial charge in [-0.1, -0.05) is 39.8 Å². The van der Waals surface area contributed by atoms with Gasteiger partial charge in [0, 0.05) is 0 Å². The van der Waals surface area contributed by atoms with Gasteiger partial charge in [-0.25, -0.2) is 0 Å². The molecule has 0 aliphatic heterocycles. The van der Waals surface area contributed by atoms with Crippen LogP contribution in [0.5, 0.6) is 0 Å². The van der Waals surface area contributed by atoms with Gasteiger partial charge in [-0.15, -0.1) is 7.92 Å². The molecule has 0 rings (SSSR count). The second-order valence-corrected chi connectivity index (χ2v) is 7.60. The lowest BCUT2D eigenvalue weighted by Gasteiger charge is -2.44. The van der Waals surface area contributed by atoms with E-state index in [1.54, 1.807) is 0 Å². The SMILES string of the molecule is CBC(C)(C)C(C)(C)P(C)C. The molecule has 0 amide bonds. The Kier molecular flexibility index (Phi) is 3.63. The summed E-state index contributed by atoms with van der Waals surface area (Å²) in [5.41, 5.74) is 0. The average molecular weight is 172 g/mol.